The summed E-state index contributed by atoms with van der Waals surface area (Å²) >= 11 is 0. The van der Waals surface area contributed by atoms with E-state index in [9.17, 15) is 8.42 Å². The third-order valence-electron chi connectivity index (χ3n) is 3.21. The standard InChI is InChI=1S/C13H17NO2S/c1-3-12-6-8-13(9-7-12)17(15,16)14-10-4-5-11(14)2/h3,6-9,11H,1,4-5,10H2,2H3. The van der Waals surface area contributed by atoms with Crippen molar-refractivity contribution in [2.45, 2.75) is 30.7 Å². The molecule has 1 aliphatic heterocycles. The first-order valence-electron chi connectivity index (χ1n) is 5.80. The van der Waals surface area contributed by atoms with Crippen LogP contribution in [0.4, 0.5) is 0 Å². The molecule has 0 N–H and O–H groups in total. The van der Waals surface area contributed by atoms with Crippen LogP contribution in [0.3, 0.4) is 0 Å². The minimum Gasteiger partial charge on any atom is -0.207 e. The minimum atomic E-state index is -3.31. The van der Waals surface area contributed by atoms with Crippen molar-refractivity contribution in [1.29, 1.82) is 0 Å². The predicted molar refractivity (Wildman–Crippen MR) is 69.1 cm³/mol. The third kappa shape index (κ3) is 2.28. The van der Waals surface area contributed by atoms with Gasteiger partial charge < -0.3 is 0 Å². The molecule has 1 unspecified atom stereocenters. The molecule has 4 heteroatoms. The predicted octanol–water partition coefficient (Wildman–Crippen LogP) is 2.50. The van der Waals surface area contributed by atoms with Crippen molar-refractivity contribution in [2.75, 3.05) is 6.54 Å². The van der Waals surface area contributed by atoms with E-state index >= 15 is 0 Å². The SMILES string of the molecule is C=Cc1ccc(S(=O)(=O)N2CCCC2C)cc1. The van der Waals surface area contributed by atoms with Gasteiger partial charge in [0, 0.05) is 12.6 Å². The summed E-state index contributed by atoms with van der Waals surface area (Å²) < 4.78 is 26.3. The minimum absolute atomic E-state index is 0.110. The van der Waals surface area contributed by atoms with Gasteiger partial charge in [0.25, 0.3) is 0 Å². The molecule has 1 aliphatic rings. The lowest BCUT2D eigenvalue weighted by Gasteiger charge is -2.20. The fourth-order valence-electron chi connectivity index (χ4n) is 2.18. The van der Waals surface area contributed by atoms with Crippen molar-refractivity contribution >= 4 is 16.1 Å². The van der Waals surface area contributed by atoms with E-state index in [1.165, 1.54) is 0 Å². The second-order valence-electron chi connectivity index (χ2n) is 4.38. The number of hydrogen-bond acceptors (Lipinski definition) is 2. The summed E-state index contributed by atoms with van der Waals surface area (Å²) in [6.07, 6.45) is 3.60. The molecule has 92 valence electrons. The van der Waals surface area contributed by atoms with Gasteiger partial charge in [0.05, 0.1) is 4.90 Å². The van der Waals surface area contributed by atoms with Gasteiger partial charge in [-0.05, 0) is 37.5 Å². The summed E-state index contributed by atoms with van der Waals surface area (Å²) in [5.41, 5.74) is 0.929. The summed E-state index contributed by atoms with van der Waals surface area (Å²) in [4.78, 5) is 0.372. The van der Waals surface area contributed by atoms with E-state index in [2.05, 4.69) is 6.58 Å². The Morgan fingerprint density at radius 2 is 2.00 bits per heavy atom. The quantitative estimate of drug-likeness (QED) is 0.827. The Morgan fingerprint density at radius 3 is 2.47 bits per heavy atom. The summed E-state index contributed by atoms with van der Waals surface area (Å²) in [5, 5.41) is 0. The highest BCUT2D eigenvalue weighted by atomic mass is 32.2. The van der Waals surface area contributed by atoms with Crippen LogP contribution >= 0.6 is 0 Å². The van der Waals surface area contributed by atoms with Crippen LogP contribution in [0.15, 0.2) is 35.7 Å². The lowest BCUT2D eigenvalue weighted by atomic mass is 10.2. The molecule has 1 heterocycles. The first-order chi connectivity index (χ1) is 8.05. The first kappa shape index (κ1) is 12.3. The van der Waals surface area contributed by atoms with Crippen LogP contribution in [0.25, 0.3) is 6.08 Å². The average Bonchev–Trinajstić information content (AvgIpc) is 2.76. The molecule has 1 aromatic rings. The van der Waals surface area contributed by atoms with E-state index in [1.54, 1.807) is 34.6 Å². The molecular formula is C13H17NO2S. The van der Waals surface area contributed by atoms with Crippen molar-refractivity contribution in [3.05, 3.63) is 36.4 Å². The van der Waals surface area contributed by atoms with E-state index in [-0.39, 0.29) is 6.04 Å². The zero-order valence-corrected chi connectivity index (χ0v) is 10.8. The molecular weight excluding hydrogens is 234 g/mol. The highest BCUT2D eigenvalue weighted by molar-refractivity contribution is 7.89. The highest BCUT2D eigenvalue weighted by Gasteiger charge is 2.32. The Morgan fingerprint density at radius 1 is 1.35 bits per heavy atom. The fourth-order valence-corrected chi connectivity index (χ4v) is 3.87. The Kier molecular flexibility index (Phi) is 3.35. The fraction of sp³-hybridized carbons (Fsp3) is 0.385. The number of hydrogen-bond donors (Lipinski definition) is 0. The van der Waals surface area contributed by atoms with Gasteiger partial charge in [-0.25, -0.2) is 8.42 Å². The van der Waals surface area contributed by atoms with Gasteiger partial charge in [0.1, 0.15) is 0 Å². The van der Waals surface area contributed by atoms with Crippen LogP contribution in [0.5, 0.6) is 0 Å². The summed E-state index contributed by atoms with van der Waals surface area (Å²) in [6.45, 7) is 6.25. The topological polar surface area (TPSA) is 37.4 Å². The van der Waals surface area contributed by atoms with Crippen LogP contribution in [-0.4, -0.2) is 25.3 Å². The largest absolute Gasteiger partial charge is 0.243 e. The molecule has 1 fully saturated rings. The zero-order valence-electron chi connectivity index (χ0n) is 9.96. The molecule has 1 saturated heterocycles. The lowest BCUT2D eigenvalue weighted by Crippen LogP contribution is -2.33. The number of nitrogens with zero attached hydrogens (tertiary/aromatic N) is 1. The maximum absolute atomic E-state index is 12.3. The molecule has 0 bridgehead atoms. The maximum Gasteiger partial charge on any atom is 0.243 e. The Hall–Kier alpha value is -1.13. The van der Waals surface area contributed by atoms with Crippen LogP contribution in [0, 0.1) is 0 Å². The van der Waals surface area contributed by atoms with Gasteiger partial charge in [0.2, 0.25) is 10.0 Å². The molecule has 0 radical (unpaired) electrons. The first-order valence-corrected chi connectivity index (χ1v) is 7.24. The highest BCUT2D eigenvalue weighted by Crippen LogP contribution is 2.25. The molecule has 1 aromatic carbocycles. The molecule has 17 heavy (non-hydrogen) atoms. The van der Waals surface area contributed by atoms with Crippen LogP contribution in [0.1, 0.15) is 25.3 Å². The second kappa shape index (κ2) is 4.63. The van der Waals surface area contributed by atoms with Crippen LogP contribution in [-0.2, 0) is 10.0 Å². The van der Waals surface area contributed by atoms with E-state index in [4.69, 9.17) is 0 Å². The van der Waals surface area contributed by atoms with Gasteiger partial charge in [-0.1, -0.05) is 24.8 Å². The Labute approximate surface area is 103 Å². The van der Waals surface area contributed by atoms with Gasteiger partial charge in [0.15, 0.2) is 0 Å². The van der Waals surface area contributed by atoms with Gasteiger partial charge in [-0.15, -0.1) is 0 Å². The molecule has 0 aromatic heterocycles. The van der Waals surface area contributed by atoms with E-state index in [1.807, 2.05) is 6.92 Å². The summed E-state index contributed by atoms with van der Waals surface area (Å²) in [5.74, 6) is 0. The summed E-state index contributed by atoms with van der Waals surface area (Å²) in [7, 11) is -3.31. The molecule has 1 atom stereocenters. The van der Waals surface area contributed by atoms with Crippen molar-refractivity contribution < 1.29 is 8.42 Å². The monoisotopic (exact) mass is 251 g/mol. The van der Waals surface area contributed by atoms with E-state index < -0.39 is 10.0 Å². The van der Waals surface area contributed by atoms with E-state index in [0.29, 0.717) is 11.4 Å². The lowest BCUT2D eigenvalue weighted by molar-refractivity contribution is 0.408. The van der Waals surface area contributed by atoms with Crippen molar-refractivity contribution in [3.63, 3.8) is 0 Å². The normalized spacial score (nSPS) is 21.6. The van der Waals surface area contributed by atoms with Crippen molar-refractivity contribution in [3.8, 4) is 0 Å². The molecule has 0 spiro atoms. The zero-order chi connectivity index (χ0) is 12.5. The van der Waals surface area contributed by atoms with Gasteiger partial charge in [-0.2, -0.15) is 4.31 Å². The summed E-state index contributed by atoms with van der Waals surface area (Å²) in [6, 6.07) is 6.97. The molecule has 0 saturated carbocycles. The number of sulfonamides is 1. The van der Waals surface area contributed by atoms with Crippen molar-refractivity contribution in [1.82, 2.24) is 4.31 Å². The molecule has 0 amide bonds. The Bertz CT molecular complexity index is 505. The maximum atomic E-state index is 12.3. The van der Waals surface area contributed by atoms with E-state index in [0.717, 1.165) is 18.4 Å². The van der Waals surface area contributed by atoms with Gasteiger partial charge in [-0.3, -0.25) is 0 Å². The van der Waals surface area contributed by atoms with Gasteiger partial charge >= 0.3 is 0 Å². The number of benzene rings is 1. The van der Waals surface area contributed by atoms with Crippen LogP contribution in [0.2, 0.25) is 0 Å². The smallest absolute Gasteiger partial charge is 0.207 e. The molecule has 2 rings (SSSR count). The third-order valence-corrected chi connectivity index (χ3v) is 5.24. The Balaban J connectivity index is 2.34. The van der Waals surface area contributed by atoms with Crippen molar-refractivity contribution in [2.24, 2.45) is 0 Å². The molecule has 0 aliphatic carbocycles. The van der Waals surface area contributed by atoms with Crippen LogP contribution < -0.4 is 0 Å². The average molecular weight is 251 g/mol. The second-order valence-corrected chi connectivity index (χ2v) is 6.27. The number of rotatable bonds is 3. The molecule has 3 nitrogen and oxygen atoms in total.